The van der Waals surface area contributed by atoms with E-state index in [-0.39, 0.29) is 12.0 Å². The van der Waals surface area contributed by atoms with E-state index in [0.29, 0.717) is 0 Å². The molecule has 21 heavy (non-hydrogen) atoms. The Labute approximate surface area is 120 Å². The lowest BCUT2D eigenvalue weighted by molar-refractivity contribution is -0.141. The molecule has 0 heterocycles. The van der Waals surface area contributed by atoms with Gasteiger partial charge in [-0.15, -0.1) is 12.3 Å². The van der Waals surface area contributed by atoms with Gasteiger partial charge in [0.15, 0.2) is 0 Å². The van der Waals surface area contributed by atoms with Crippen LogP contribution in [0.25, 0.3) is 0 Å². The van der Waals surface area contributed by atoms with Crippen LogP contribution in [0.15, 0.2) is 24.3 Å². The lowest BCUT2D eigenvalue weighted by Crippen LogP contribution is -2.45. The van der Waals surface area contributed by atoms with E-state index >= 15 is 0 Å². The van der Waals surface area contributed by atoms with Crippen molar-refractivity contribution in [3.63, 3.8) is 0 Å². The number of terminal acetylenes is 1. The zero-order valence-electron chi connectivity index (χ0n) is 10.9. The highest BCUT2D eigenvalue weighted by atomic mass is 19.1. The number of hydrogen-bond acceptors (Lipinski definition) is 3. The molecular weight excluding hydrogens is 279 g/mol. The van der Waals surface area contributed by atoms with E-state index < -0.39 is 36.2 Å². The van der Waals surface area contributed by atoms with Crippen LogP contribution in [0.5, 0.6) is 0 Å². The minimum absolute atomic E-state index is 0.178. The minimum atomic E-state index is -1.28. The lowest BCUT2D eigenvalue weighted by atomic mass is 10.2. The van der Waals surface area contributed by atoms with Crippen molar-refractivity contribution in [2.75, 3.05) is 6.54 Å². The first-order valence-electron chi connectivity index (χ1n) is 5.94. The molecule has 6 nitrogen and oxygen atoms in total. The average Bonchev–Trinajstić information content (AvgIpc) is 2.44. The van der Waals surface area contributed by atoms with Gasteiger partial charge in [-0.2, -0.15) is 0 Å². The van der Waals surface area contributed by atoms with Crippen molar-refractivity contribution in [3.05, 3.63) is 35.6 Å². The molecule has 1 atom stereocenters. The van der Waals surface area contributed by atoms with Crippen LogP contribution in [0.4, 0.5) is 4.39 Å². The van der Waals surface area contributed by atoms with Gasteiger partial charge in [0.25, 0.3) is 5.91 Å². The zero-order valence-corrected chi connectivity index (χ0v) is 10.9. The summed E-state index contributed by atoms with van der Waals surface area (Å²) in [5.74, 6) is -1.38. The first-order chi connectivity index (χ1) is 9.95. The van der Waals surface area contributed by atoms with E-state index in [9.17, 15) is 18.8 Å². The largest absolute Gasteiger partial charge is 0.480 e. The Hall–Kier alpha value is -2.88. The van der Waals surface area contributed by atoms with Crippen LogP contribution in [0.3, 0.4) is 0 Å². The molecule has 0 spiro atoms. The molecule has 1 rings (SSSR count). The van der Waals surface area contributed by atoms with Gasteiger partial charge in [0.1, 0.15) is 11.9 Å². The molecule has 0 radical (unpaired) electrons. The van der Waals surface area contributed by atoms with Crippen molar-refractivity contribution >= 4 is 17.8 Å². The maximum absolute atomic E-state index is 13.3. The van der Waals surface area contributed by atoms with Crippen molar-refractivity contribution in [3.8, 4) is 12.3 Å². The van der Waals surface area contributed by atoms with Crippen LogP contribution in [0.2, 0.25) is 0 Å². The Morgan fingerprint density at radius 2 is 2.00 bits per heavy atom. The van der Waals surface area contributed by atoms with Crippen LogP contribution < -0.4 is 10.6 Å². The molecule has 1 aromatic rings. The van der Waals surface area contributed by atoms with Crippen LogP contribution in [0.1, 0.15) is 16.8 Å². The minimum Gasteiger partial charge on any atom is -0.480 e. The molecule has 3 N–H and O–H groups in total. The first kappa shape index (κ1) is 16.2. The Bertz CT molecular complexity index is 595. The zero-order chi connectivity index (χ0) is 15.8. The number of nitrogens with one attached hydrogen (secondary N) is 2. The number of amides is 2. The van der Waals surface area contributed by atoms with Crippen molar-refractivity contribution in [1.82, 2.24) is 10.6 Å². The number of halogens is 1. The SMILES string of the molecule is C#CCC(NC(=O)CNC(=O)c1ccccc1F)C(=O)O. The van der Waals surface area contributed by atoms with Gasteiger partial charge >= 0.3 is 5.97 Å². The monoisotopic (exact) mass is 292 g/mol. The van der Waals surface area contributed by atoms with E-state index in [1.165, 1.54) is 18.2 Å². The molecule has 0 bridgehead atoms. The van der Waals surface area contributed by atoms with Gasteiger partial charge in [0.05, 0.1) is 12.1 Å². The predicted molar refractivity (Wildman–Crippen MR) is 71.7 cm³/mol. The summed E-state index contributed by atoms with van der Waals surface area (Å²) in [5.41, 5.74) is -0.205. The second kappa shape index (κ2) is 7.65. The quantitative estimate of drug-likeness (QED) is 0.650. The number of carbonyl (C=O) groups excluding carboxylic acids is 2. The third-order valence-electron chi connectivity index (χ3n) is 2.48. The van der Waals surface area contributed by atoms with Crippen LogP contribution in [-0.4, -0.2) is 35.5 Å². The summed E-state index contributed by atoms with van der Waals surface area (Å²) in [6, 6.07) is 4.05. The smallest absolute Gasteiger partial charge is 0.327 e. The number of carboxylic acid groups (broad SMARTS) is 1. The van der Waals surface area contributed by atoms with Crippen LogP contribution in [-0.2, 0) is 9.59 Å². The molecule has 0 fully saturated rings. The highest BCUT2D eigenvalue weighted by Gasteiger charge is 2.19. The van der Waals surface area contributed by atoms with Gasteiger partial charge in [-0.1, -0.05) is 12.1 Å². The molecule has 2 amide bonds. The third kappa shape index (κ3) is 4.95. The summed E-state index contributed by atoms with van der Waals surface area (Å²) < 4.78 is 13.3. The van der Waals surface area contributed by atoms with Crippen molar-refractivity contribution in [2.24, 2.45) is 0 Å². The summed E-state index contributed by atoms with van der Waals surface area (Å²) in [4.78, 5) is 33.9. The second-order valence-electron chi connectivity index (χ2n) is 4.03. The van der Waals surface area contributed by atoms with Crippen molar-refractivity contribution < 1.29 is 23.9 Å². The lowest BCUT2D eigenvalue weighted by Gasteiger charge is -2.12. The molecule has 1 aromatic carbocycles. The second-order valence-corrected chi connectivity index (χ2v) is 4.03. The van der Waals surface area contributed by atoms with E-state index in [4.69, 9.17) is 11.5 Å². The van der Waals surface area contributed by atoms with E-state index in [1.54, 1.807) is 0 Å². The summed E-state index contributed by atoms with van der Waals surface area (Å²) >= 11 is 0. The molecule has 110 valence electrons. The number of hydrogen-bond donors (Lipinski definition) is 3. The van der Waals surface area contributed by atoms with Crippen molar-refractivity contribution in [1.29, 1.82) is 0 Å². The van der Waals surface area contributed by atoms with Gasteiger partial charge in [0.2, 0.25) is 5.91 Å². The summed E-state index contributed by atoms with van der Waals surface area (Å²) in [6.45, 7) is -0.485. The number of carbonyl (C=O) groups is 3. The standard InChI is InChI=1S/C14H13FN2O4/c1-2-5-11(14(20)21)17-12(18)8-16-13(19)9-6-3-4-7-10(9)15/h1,3-4,6-7,11H,5,8H2,(H,16,19)(H,17,18)(H,20,21). The third-order valence-corrected chi connectivity index (χ3v) is 2.48. The highest BCUT2D eigenvalue weighted by molar-refractivity contribution is 5.97. The number of rotatable bonds is 6. The number of carboxylic acids is 1. The topological polar surface area (TPSA) is 95.5 Å². The Balaban J connectivity index is 2.53. The maximum atomic E-state index is 13.3. The number of aliphatic carboxylic acids is 1. The molecular formula is C14H13FN2O4. The highest BCUT2D eigenvalue weighted by Crippen LogP contribution is 2.05. The van der Waals surface area contributed by atoms with E-state index in [0.717, 1.165) is 6.07 Å². The van der Waals surface area contributed by atoms with Gasteiger partial charge in [-0.05, 0) is 12.1 Å². The van der Waals surface area contributed by atoms with E-state index in [1.807, 2.05) is 0 Å². The number of benzene rings is 1. The molecule has 0 aliphatic rings. The van der Waals surface area contributed by atoms with Gasteiger partial charge < -0.3 is 15.7 Å². The van der Waals surface area contributed by atoms with Crippen LogP contribution in [0, 0.1) is 18.2 Å². The Kier molecular flexibility index (Phi) is 5.89. The fourth-order valence-corrected chi connectivity index (χ4v) is 1.46. The summed E-state index contributed by atoms with van der Waals surface area (Å²) in [6.07, 6.45) is 4.80. The predicted octanol–water partition coefficient (Wildman–Crippen LogP) is 0.148. The summed E-state index contributed by atoms with van der Waals surface area (Å²) in [7, 11) is 0. The first-order valence-corrected chi connectivity index (χ1v) is 5.94. The molecule has 0 saturated heterocycles. The molecule has 0 saturated carbocycles. The fraction of sp³-hybridized carbons (Fsp3) is 0.214. The average molecular weight is 292 g/mol. The van der Waals surface area contributed by atoms with Gasteiger partial charge in [0, 0.05) is 6.42 Å². The normalized spacial score (nSPS) is 11.0. The van der Waals surface area contributed by atoms with Gasteiger partial charge in [-0.3, -0.25) is 9.59 Å². The Morgan fingerprint density at radius 3 is 2.57 bits per heavy atom. The van der Waals surface area contributed by atoms with Crippen molar-refractivity contribution in [2.45, 2.75) is 12.5 Å². The van der Waals surface area contributed by atoms with Gasteiger partial charge in [-0.25, -0.2) is 9.18 Å². The summed E-state index contributed by atoms with van der Waals surface area (Å²) in [5, 5.41) is 13.1. The maximum Gasteiger partial charge on any atom is 0.327 e. The Morgan fingerprint density at radius 1 is 1.33 bits per heavy atom. The molecule has 0 aromatic heterocycles. The molecule has 7 heteroatoms. The fourth-order valence-electron chi connectivity index (χ4n) is 1.46. The molecule has 0 aliphatic carbocycles. The molecule has 1 unspecified atom stereocenters. The molecule has 0 aliphatic heterocycles. The van der Waals surface area contributed by atoms with Crippen LogP contribution >= 0.6 is 0 Å². The van der Waals surface area contributed by atoms with E-state index in [2.05, 4.69) is 16.6 Å².